The predicted molar refractivity (Wildman–Crippen MR) is 83.9 cm³/mol. The van der Waals surface area contributed by atoms with Gasteiger partial charge in [0, 0.05) is 4.88 Å². The van der Waals surface area contributed by atoms with E-state index in [1.165, 1.54) is 5.56 Å². The minimum Gasteiger partial charge on any atom is -0.343 e. The molecule has 2 rings (SSSR count). The number of hydrogen-bond donors (Lipinski definition) is 2. The maximum absolute atomic E-state index is 11.6. The zero-order valence-electron chi connectivity index (χ0n) is 11.8. The smallest absolute Gasteiger partial charge is 0.234 e. The van der Waals surface area contributed by atoms with Gasteiger partial charge in [-0.15, -0.1) is 11.3 Å². The molecule has 0 spiro atoms. The van der Waals surface area contributed by atoms with Crippen LogP contribution in [0.25, 0.3) is 0 Å². The summed E-state index contributed by atoms with van der Waals surface area (Å²) in [5.41, 5.74) is 7.78. The number of hydrogen-bond acceptors (Lipinski definition) is 3. The molecule has 3 N–H and O–H groups in total. The van der Waals surface area contributed by atoms with Crippen LogP contribution in [-0.2, 0) is 4.79 Å². The number of nitrogens with two attached hydrogens (primary N) is 1. The topological polar surface area (TPSA) is 55.1 Å². The molecular weight excluding hydrogens is 268 g/mol. The summed E-state index contributed by atoms with van der Waals surface area (Å²) in [5, 5.41) is 4.99. The summed E-state index contributed by atoms with van der Waals surface area (Å²) in [4.78, 5) is 12.7. The number of carbonyl (C=O) groups excluding carboxylic acids is 1. The molecule has 0 saturated heterocycles. The van der Waals surface area contributed by atoms with E-state index in [2.05, 4.69) is 43.4 Å². The van der Waals surface area contributed by atoms with Crippen LogP contribution in [0.4, 0.5) is 0 Å². The molecule has 1 atom stereocenters. The third-order valence-corrected chi connectivity index (χ3v) is 4.19. The number of thiophene rings is 1. The lowest BCUT2D eigenvalue weighted by Crippen LogP contribution is -2.33. The van der Waals surface area contributed by atoms with E-state index in [4.69, 9.17) is 5.73 Å². The van der Waals surface area contributed by atoms with Crippen molar-refractivity contribution in [2.75, 3.05) is 6.54 Å². The quantitative estimate of drug-likeness (QED) is 0.888. The Morgan fingerprint density at radius 2 is 1.85 bits per heavy atom. The van der Waals surface area contributed by atoms with Crippen molar-refractivity contribution in [1.82, 2.24) is 5.32 Å². The molecule has 1 unspecified atom stereocenters. The molecule has 20 heavy (non-hydrogen) atoms. The van der Waals surface area contributed by atoms with Crippen LogP contribution >= 0.6 is 11.3 Å². The Bertz CT molecular complexity index is 546. The number of rotatable bonds is 5. The third kappa shape index (κ3) is 3.46. The summed E-state index contributed by atoms with van der Waals surface area (Å²) in [5.74, 6) is 0.360. The first kappa shape index (κ1) is 14.8. The lowest BCUT2D eigenvalue weighted by atomic mass is 9.98. The molecule has 0 aliphatic carbocycles. The van der Waals surface area contributed by atoms with Crippen LogP contribution in [0.1, 0.15) is 41.8 Å². The largest absolute Gasteiger partial charge is 0.343 e. The first-order chi connectivity index (χ1) is 9.61. The minimum atomic E-state index is -0.142. The molecule has 4 heteroatoms. The van der Waals surface area contributed by atoms with Crippen molar-refractivity contribution in [3.05, 3.63) is 57.8 Å². The first-order valence-corrected chi connectivity index (χ1v) is 7.62. The molecule has 0 saturated carbocycles. The molecular formula is C16H20N2OS. The van der Waals surface area contributed by atoms with Crippen molar-refractivity contribution in [2.24, 2.45) is 5.73 Å². The minimum absolute atomic E-state index is 0.00591. The maximum Gasteiger partial charge on any atom is 0.234 e. The van der Waals surface area contributed by atoms with Crippen LogP contribution in [0.3, 0.4) is 0 Å². The van der Waals surface area contributed by atoms with Crippen LogP contribution < -0.4 is 11.1 Å². The molecule has 0 aliphatic heterocycles. The summed E-state index contributed by atoms with van der Waals surface area (Å²) in [6, 6.07) is 12.3. The zero-order chi connectivity index (χ0) is 14.5. The van der Waals surface area contributed by atoms with Gasteiger partial charge in [0.15, 0.2) is 0 Å². The number of amides is 1. The highest BCUT2D eigenvalue weighted by Gasteiger charge is 2.17. The Balaban J connectivity index is 2.28. The number of nitrogens with one attached hydrogen (secondary N) is 1. The highest BCUT2D eigenvalue weighted by Crippen LogP contribution is 2.27. The van der Waals surface area contributed by atoms with Crippen molar-refractivity contribution in [3.8, 4) is 0 Å². The summed E-state index contributed by atoms with van der Waals surface area (Å²) in [7, 11) is 0. The molecule has 0 bridgehead atoms. The van der Waals surface area contributed by atoms with Gasteiger partial charge in [0.05, 0.1) is 12.6 Å². The fourth-order valence-corrected chi connectivity index (χ4v) is 2.87. The van der Waals surface area contributed by atoms with E-state index in [9.17, 15) is 4.79 Å². The van der Waals surface area contributed by atoms with Crippen molar-refractivity contribution in [2.45, 2.75) is 25.8 Å². The predicted octanol–water partition coefficient (Wildman–Crippen LogP) is 3.04. The monoisotopic (exact) mass is 288 g/mol. The molecule has 106 valence electrons. The lowest BCUT2D eigenvalue weighted by molar-refractivity contribution is -0.120. The van der Waals surface area contributed by atoms with Crippen LogP contribution in [0.15, 0.2) is 41.8 Å². The van der Waals surface area contributed by atoms with Crippen molar-refractivity contribution in [1.29, 1.82) is 0 Å². The number of carbonyl (C=O) groups is 1. The van der Waals surface area contributed by atoms with Gasteiger partial charge in [0.25, 0.3) is 0 Å². The zero-order valence-corrected chi connectivity index (χ0v) is 12.6. The van der Waals surface area contributed by atoms with E-state index < -0.39 is 0 Å². The normalized spacial score (nSPS) is 12.4. The van der Waals surface area contributed by atoms with Crippen molar-refractivity contribution >= 4 is 17.2 Å². The molecule has 1 amide bonds. The lowest BCUT2D eigenvalue weighted by Gasteiger charge is -2.18. The van der Waals surface area contributed by atoms with Crippen LogP contribution in [0.2, 0.25) is 0 Å². The van der Waals surface area contributed by atoms with Gasteiger partial charge in [-0.05, 0) is 28.5 Å². The molecule has 3 nitrogen and oxygen atoms in total. The first-order valence-electron chi connectivity index (χ1n) is 6.74. The fraction of sp³-hybridized carbons (Fsp3) is 0.312. The molecule has 1 heterocycles. The molecule has 0 radical (unpaired) electrons. The van der Waals surface area contributed by atoms with Gasteiger partial charge in [-0.1, -0.05) is 44.2 Å². The van der Waals surface area contributed by atoms with Gasteiger partial charge in [-0.25, -0.2) is 0 Å². The van der Waals surface area contributed by atoms with Crippen LogP contribution in [-0.4, -0.2) is 12.5 Å². The average Bonchev–Trinajstić information content (AvgIpc) is 2.98. The SMILES string of the molecule is CC(C)c1ccc(C(NC(=O)CN)c2cccs2)cc1. The van der Waals surface area contributed by atoms with Crippen molar-refractivity contribution in [3.63, 3.8) is 0 Å². The van der Waals surface area contributed by atoms with E-state index in [0.717, 1.165) is 10.4 Å². The molecule has 0 fully saturated rings. The second-order valence-electron chi connectivity index (χ2n) is 5.04. The second kappa shape index (κ2) is 6.68. The van der Waals surface area contributed by atoms with Gasteiger partial charge in [-0.3, -0.25) is 4.79 Å². The van der Waals surface area contributed by atoms with E-state index in [-0.39, 0.29) is 18.5 Å². The van der Waals surface area contributed by atoms with E-state index in [0.29, 0.717) is 5.92 Å². The summed E-state index contributed by atoms with van der Waals surface area (Å²) in [6.45, 7) is 4.34. The van der Waals surface area contributed by atoms with Gasteiger partial charge in [-0.2, -0.15) is 0 Å². The molecule has 2 aromatic rings. The summed E-state index contributed by atoms with van der Waals surface area (Å²) in [6.07, 6.45) is 0. The average molecular weight is 288 g/mol. The second-order valence-corrected chi connectivity index (χ2v) is 6.02. The summed E-state index contributed by atoms with van der Waals surface area (Å²) >= 11 is 1.63. The maximum atomic E-state index is 11.6. The molecule has 1 aromatic carbocycles. The van der Waals surface area contributed by atoms with E-state index in [1.807, 2.05) is 17.5 Å². The van der Waals surface area contributed by atoms with Crippen LogP contribution in [0.5, 0.6) is 0 Å². The Hall–Kier alpha value is -1.65. The van der Waals surface area contributed by atoms with E-state index in [1.54, 1.807) is 11.3 Å². The summed E-state index contributed by atoms with van der Waals surface area (Å²) < 4.78 is 0. The van der Waals surface area contributed by atoms with Crippen LogP contribution in [0, 0.1) is 0 Å². The Labute approximate surface area is 123 Å². The Kier molecular flexibility index (Phi) is 4.93. The Morgan fingerprint density at radius 3 is 2.35 bits per heavy atom. The van der Waals surface area contributed by atoms with Crippen molar-refractivity contribution < 1.29 is 4.79 Å². The third-order valence-electron chi connectivity index (χ3n) is 3.25. The number of benzene rings is 1. The Morgan fingerprint density at radius 1 is 1.20 bits per heavy atom. The highest BCUT2D eigenvalue weighted by atomic mass is 32.1. The van der Waals surface area contributed by atoms with Gasteiger partial charge < -0.3 is 11.1 Å². The van der Waals surface area contributed by atoms with E-state index >= 15 is 0 Å². The van der Waals surface area contributed by atoms with Gasteiger partial charge in [0.2, 0.25) is 5.91 Å². The standard InChI is InChI=1S/C16H20N2OS/c1-11(2)12-5-7-13(8-6-12)16(18-15(19)10-17)14-4-3-9-20-14/h3-9,11,16H,10,17H2,1-2H3,(H,18,19). The highest BCUT2D eigenvalue weighted by molar-refractivity contribution is 7.10. The fourth-order valence-electron chi connectivity index (χ4n) is 2.07. The molecule has 0 aliphatic rings. The molecule has 1 aromatic heterocycles. The van der Waals surface area contributed by atoms with Gasteiger partial charge in [0.1, 0.15) is 0 Å². The van der Waals surface area contributed by atoms with Gasteiger partial charge >= 0.3 is 0 Å².